The molecule has 100 valence electrons. The van der Waals surface area contributed by atoms with E-state index in [2.05, 4.69) is 43.8 Å². The molecule has 0 saturated carbocycles. The number of rotatable bonds is 4. The lowest BCUT2D eigenvalue weighted by molar-refractivity contribution is 0.555. The summed E-state index contributed by atoms with van der Waals surface area (Å²) in [6.07, 6.45) is 0. The molecule has 1 atom stereocenters. The van der Waals surface area contributed by atoms with E-state index in [0.717, 1.165) is 12.1 Å². The first-order chi connectivity index (χ1) is 9.13. The minimum Gasteiger partial charge on any atom is -0.306 e. The lowest BCUT2D eigenvalue weighted by atomic mass is 9.98. The van der Waals surface area contributed by atoms with Crippen molar-refractivity contribution in [1.29, 1.82) is 0 Å². The first-order valence-electron chi connectivity index (χ1n) is 6.06. The lowest BCUT2D eigenvalue weighted by Crippen LogP contribution is -2.23. The predicted octanol–water partition coefficient (Wildman–Crippen LogP) is 4.89. The molecule has 0 amide bonds. The Labute approximate surface area is 134 Å². The van der Waals surface area contributed by atoms with Crippen molar-refractivity contribution in [2.75, 3.05) is 6.54 Å². The molecule has 2 aromatic carbocycles. The van der Waals surface area contributed by atoms with Crippen LogP contribution in [-0.2, 0) is 0 Å². The quantitative estimate of drug-likeness (QED) is 0.676. The summed E-state index contributed by atoms with van der Waals surface area (Å²) >= 11 is 5.51. The lowest BCUT2D eigenvalue weighted by Gasteiger charge is -2.20. The first-order valence-corrected chi connectivity index (χ1v) is 7.93. The van der Waals surface area contributed by atoms with Crippen LogP contribution in [0.15, 0.2) is 46.9 Å². The van der Waals surface area contributed by atoms with E-state index in [9.17, 15) is 4.39 Å². The molecular weight excluding hydrogens is 420 g/mol. The summed E-state index contributed by atoms with van der Waals surface area (Å²) in [6.45, 7) is 2.80. The summed E-state index contributed by atoms with van der Waals surface area (Å²) in [5.41, 5.74) is 1.73. The molecule has 0 aliphatic carbocycles. The van der Waals surface area contributed by atoms with E-state index in [-0.39, 0.29) is 11.9 Å². The summed E-state index contributed by atoms with van der Waals surface area (Å²) in [4.78, 5) is 0. The second-order valence-electron chi connectivity index (χ2n) is 4.19. The molecule has 0 fully saturated rings. The van der Waals surface area contributed by atoms with Gasteiger partial charge in [0.1, 0.15) is 5.82 Å². The minimum absolute atomic E-state index is 0.125. The van der Waals surface area contributed by atoms with Crippen LogP contribution in [0.25, 0.3) is 0 Å². The third-order valence-corrected chi connectivity index (χ3v) is 4.24. The van der Waals surface area contributed by atoms with Gasteiger partial charge in [0, 0.05) is 9.13 Å². The highest BCUT2D eigenvalue weighted by molar-refractivity contribution is 14.1. The van der Waals surface area contributed by atoms with E-state index in [4.69, 9.17) is 0 Å². The van der Waals surface area contributed by atoms with Gasteiger partial charge in [-0.1, -0.05) is 31.2 Å². The van der Waals surface area contributed by atoms with Crippen molar-refractivity contribution in [3.63, 3.8) is 0 Å². The van der Waals surface area contributed by atoms with E-state index in [1.165, 1.54) is 3.57 Å². The van der Waals surface area contributed by atoms with E-state index >= 15 is 0 Å². The second kappa shape index (κ2) is 6.81. The third kappa shape index (κ3) is 3.55. The highest BCUT2D eigenvalue weighted by Crippen LogP contribution is 2.28. The van der Waals surface area contributed by atoms with Crippen molar-refractivity contribution in [1.82, 2.24) is 5.32 Å². The number of hydrogen-bond acceptors (Lipinski definition) is 1. The fourth-order valence-electron chi connectivity index (χ4n) is 2.01. The molecule has 19 heavy (non-hydrogen) atoms. The maximum Gasteiger partial charge on any atom is 0.142 e. The van der Waals surface area contributed by atoms with E-state index in [0.29, 0.717) is 10.0 Å². The van der Waals surface area contributed by atoms with Crippen molar-refractivity contribution in [3.8, 4) is 0 Å². The zero-order valence-electron chi connectivity index (χ0n) is 10.5. The van der Waals surface area contributed by atoms with Crippen LogP contribution in [0, 0.1) is 9.39 Å². The molecule has 2 rings (SSSR count). The van der Waals surface area contributed by atoms with Gasteiger partial charge < -0.3 is 5.32 Å². The number of benzene rings is 2. The summed E-state index contributed by atoms with van der Waals surface area (Å²) in [5.74, 6) is -0.202. The van der Waals surface area contributed by atoms with Gasteiger partial charge in [-0.25, -0.2) is 4.39 Å². The molecule has 0 heterocycles. The Hall–Kier alpha value is -0.460. The Morgan fingerprint density at radius 3 is 2.53 bits per heavy atom. The Bertz CT molecular complexity index is 557. The molecule has 1 N–H and O–H groups in total. The first kappa shape index (κ1) is 14.9. The topological polar surface area (TPSA) is 12.0 Å². The summed E-state index contributed by atoms with van der Waals surface area (Å²) in [7, 11) is 0. The molecule has 0 bridgehead atoms. The molecule has 4 heteroatoms. The van der Waals surface area contributed by atoms with Gasteiger partial charge in [0.05, 0.1) is 10.5 Å². The smallest absolute Gasteiger partial charge is 0.142 e. The summed E-state index contributed by atoms with van der Waals surface area (Å²) in [5, 5.41) is 3.34. The fraction of sp³-hybridized carbons (Fsp3) is 0.200. The van der Waals surface area contributed by atoms with Crippen LogP contribution in [-0.4, -0.2) is 6.54 Å². The van der Waals surface area contributed by atoms with Crippen LogP contribution < -0.4 is 5.32 Å². The Morgan fingerprint density at radius 2 is 1.89 bits per heavy atom. The van der Waals surface area contributed by atoms with Crippen LogP contribution in [0.2, 0.25) is 0 Å². The maximum absolute atomic E-state index is 14.3. The van der Waals surface area contributed by atoms with Gasteiger partial charge in [0.15, 0.2) is 0 Å². The van der Waals surface area contributed by atoms with E-state index < -0.39 is 0 Å². The molecule has 0 saturated heterocycles. The molecule has 0 aliphatic heterocycles. The van der Waals surface area contributed by atoms with Crippen LogP contribution in [0.4, 0.5) is 4.39 Å². The standard InChI is InChI=1S/C15H14BrFIN/c1-2-19-15(10-6-8-11(18)9-7-10)12-4-3-5-13(16)14(12)17/h3-9,15,19H,2H2,1H3. The van der Waals surface area contributed by atoms with Crippen molar-refractivity contribution in [2.45, 2.75) is 13.0 Å². The Morgan fingerprint density at radius 1 is 1.21 bits per heavy atom. The summed E-state index contributed by atoms with van der Waals surface area (Å²) in [6, 6.07) is 13.4. The monoisotopic (exact) mass is 433 g/mol. The average Bonchev–Trinajstić information content (AvgIpc) is 2.41. The van der Waals surface area contributed by atoms with E-state index in [1.54, 1.807) is 6.07 Å². The Balaban J connectivity index is 2.45. The highest BCUT2D eigenvalue weighted by Gasteiger charge is 2.18. The van der Waals surface area contributed by atoms with Gasteiger partial charge in [-0.3, -0.25) is 0 Å². The molecule has 2 aromatic rings. The van der Waals surface area contributed by atoms with Crippen molar-refractivity contribution in [2.24, 2.45) is 0 Å². The summed E-state index contributed by atoms with van der Waals surface area (Å²) < 4.78 is 15.9. The molecule has 0 aliphatic rings. The largest absolute Gasteiger partial charge is 0.306 e. The second-order valence-corrected chi connectivity index (χ2v) is 6.29. The maximum atomic E-state index is 14.3. The third-order valence-electron chi connectivity index (χ3n) is 2.90. The number of hydrogen-bond donors (Lipinski definition) is 1. The van der Waals surface area contributed by atoms with Gasteiger partial charge in [-0.15, -0.1) is 0 Å². The van der Waals surface area contributed by atoms with Crippen molar-refractivity contribution in [3.05, 3.63) is 67.5 Å². The zero-order chi connectivity index (χ0) is 13.8. The van der Waals surface area contributed by atoms with Gasteiger partial charge in [0.25, 0.3) is 0 Å². The normalized spacial score (nSPS) is 12.4. The van der Waals surface area contributed by atoms with E-state index in [1.807, 2.05) is 43.3 Å². The highest BCUT2D eigenvalue weighted by atomic mass is 127. The number of halogens is 3. The molecule has 0 spiro atoms. The van der Waals surface area contributed by atoms with Crippen LogP contribution in [0.1, 0.15) is 24.1 Å². The van der Waals surface area contributed by atoms with Crippen LogP contribution in [0.3, 0.4) is 0 Å². The molecule has 1 unspecified atom stereocenters. The molecular formula is C15H14BrFIN. The Kier molecular flexibility index (Phi) is 5.36. The minimum atomic E-state index is -0.202. The van der Waals surface area contributed by atoms with Gasteiger partial charge >= 0.3 is 0 Å². The predicted molar refractivity (Wildman–Crippen MR) is 88.8 cm³/mol. The molecule has 0 aromatic heterocycles. The van der Waals surface area contributed by atoms with Gasteiger partial charge in [0.2, 0.25) is 0 Å². The number of nitrogens with one attached hydrogen (secondary N) is 1. The zero-order valence-corrected chi connectivity index (χ0v) is 14.2. The molecule has 1 nitrogen and oxygen atoms in total. The van der Waals surface area contributed by atoms with Crippen molar-refractivity contribution >= 4 is 38.5 Å². The van der Waals surface area contributed by atoms with Gasteiger partial charge in [-0.05, 0) is 68.8 Å². The molecule has 0 radical (unpaired) electrons. The SMILES string of the molecule is CCNC(c1ccc(I)cc1)c1cccc(Br)c1F. The van der Waals surface area contributed by atoms with Crippen LogP contribution >= 0.6 is 38.5 Å². The fourth-order valence-corrected chi connectivity index (χ4v) is 2.75. The average molecular weight is 434 g/mol. The van der Waals surface area contributed by atoms with Gasteiger partial charge in [-0.2, -0.15) is 0 Å². The van der Waals surface area contributed by atoms with Crippen molar-refractivity contribution < 1.29 is 4.39 Å². The van der Waals surface area contributed by atoms with Crippen LogP contribution in [0.5, 0.6) is 0 Å².